The lowest BCUT2D eigenvalue weighted by Crippen LogP contribution is -2.19. The lowest BCUT2D eigenvalue weighted by atomic mass is 10.2. The third kappa shape index (κ3) is 3.63. The first-order valence-electron chi connectivity index (χ1n) is 6.98. The Hall–Kier alpha value is -2.25. The number of benzene rings is 2. The Morgan fingerprint density at radius 1 is 1.29 bits per heavy atom. The number of phenols is 1. The highest BCUT2D eigenvalue weighted by Crippen LogP contribution is 2.32. The number of halogens is 1. The molecule has 0 saturated carbocycles. The summed E-state index contributed by atoms with van der Waals surface area (Å²) < 4.78 is 5.93. The normalized spacial score (nSPS) is 17.3. The van der Waals surface area contributed by atoms with Crippen molar-refractivity contribution in [2.45, 2.75) is 0 Å². The molecule has 0 aliphatic carbocycles. The van der Waals surface area contributed by atoms with E-state index in [-0.39, 0.29) is 11.7 Å². The number of phenolic OH excluding ortho intramolecular Hbond substituents is 1. The number of carbonyl (C=O) groups excluding carboxylic acids is 1. The zero-order chi connectivity index (χ0) is 17.1. The van der Waals surface area contributed by atoms with Gasteiger partial charge < -0.3 is 15.2 Å². The Morgan fingerprint density at radius 2 is 2.08 bits per heavy atom. The van der Waals surface area contributed by atoms with E-state index in [2.05, 4.69) is 26.2 Å². The van der Waals surface area contributed by atoms with Crippen molar-refractivity contribution in [3.63, 3.8) is 0 Å². The van der Waals surface area contributed by atoms with Gasteiger partial charge in [-0.15, -0.1) is 0 Å². The van der Waals surface area contributed by atoms with Gasteiger partial charge in [-0.05, 0) is 63.6 Å². The van der Waals surface area contributed by atoms with Gasteiger partial charge in [0.1, 0.15) is 0 Å². The maximum absolute atomic E-state index is 12.1. The highest BCUT2D eigenvalue weighted by molar-refractivity contribution is 9.10. The molecular formula is C17H13BrN2O3S. The first-order chi connectivity index (χ1) is 11.6. The number of hydrogen-bond donors (Lipinski definition) is 2. The maximum atomic E-state index is 12.1. The zero-order valence-corrected chi connectivity index (χ0v) is 15.0. The smallest absolute Gasteiger partial charge is 0.264 e. The summed E-state index contributed by atoms with van der Waals surface area (Å²) >= 11 is 4.69. The van der Waals surface area contributed by atoms with Gasteiger partial charge in [-0.1, -0.05) is 18.2 Å². The first-order valence-corrected chi connectivity index (χ1v) is 8.59. The van der Waals surface area contributed by atoms with Crippen LogP contribution in [0, 0.1) is 0 Å². The van der Waals surface area contributed by atoms with Gasteiger partial charge in [0.15, 0.2) is 16.7 Å². The van der Waals surface area contributed by atoms with E-state index in [9.17, 15) is 9.90 Å². The van der Waals surface area contributed by atoms with Crippen LogP contribution in [0.15, 0.2) is 56.8 Å². The Labute approximate surface area is 151 Å². The number of thioether (sulfide) groups is 1. The molecule has 2 N–H and O–H groups in total. The molecule has 0 aromatic heterocycles. The molecule has 3 rings (SSSR count). The lowest BCUT2D eigenvalue weighted by molar-refractivity contribution is -0.115. The second-order valence-corrected chi connectivity index (χ2v) is 6.75. The number of methoxy groups -OCH3 is 1. The van der Waals surface area contributed by atoms with E-state index in [0.717, 1.165) is 15.7 Å². The highest BCUT2D eigenvalue weighted by atomic mass is 79.9. The molecule has 0 bridgehead atoms. The molecule has 7 heteroatoms. The number of amides is 1. The highest BCUT2D eigenvalue weighted by Gasteiger charge is 2.24. The second-order valence-electron chi connectivity index (χ2n) is 4.86. The molecule has 5 nitrogen and oxygen atoms in total. The molecule has 1 heterocycles. The van der Waals surface area contributed by atoms with Gasteiger partial charge in [0.2, 0.25) is 0 Å². The summed E-state index contributed by atoms with van der Waals surface area (Å²) in [5, 5.41) is 12.9. The number of aromatic hydroxyl groups is 1. The molecule has 2 aromatic carbocycles. The minimum Gasteiger partial charge on any atom is -0.504 e. The van der Waals surface area contributed by atoms with Gasteiger partial charge in [0.05, 0.1) is 17.7 Å². The van der Waals surface area contributed by atoms with Crippen molar-refractivity contribution >= 4 is 50.5 Å². The molecule has 0 unspecified atom stereocenters. The number of para-hydroxylation sites is 1. The van der Waals surface area contributed by atoms with Crippen molar-refractivity contribution in [1.29, 1.82) is 0 Å². The van der Waals surface area contributed by atoms with Gasteiger partial charge in [-0.2, -0.15) is 0 Å². The number of nitrogens with one attached hydrogen (secondary N) is 1. The maximum Gasteiger partial charge on any atom is 0.264 e. The Balaban J connectivity index is 1.86. The molecule has 2 aromatic rings. The van der Waals surface area contributed by atoms with Crippen molar-refractivity contribution in [3.8, 4) is 11.5 Å². The predicted octanol–water partition coefficient (Wildman–Crippen LogP) is 4.05. The molecule has 1 amide bonds. The van der Waals surface area contributed by atoms with Crippen LogP contribution in [-0.4, -0.2) is 23.3 Å². The monoisotopic (exact) mass is 404 g/mol. The van der Waals surface area contributed by atoms with Gasteiger partial charge in [-0.25, -0.2) is 4.99 Å². The molecule has 1 aliphatic heterocycles. The summed E-state index contributed by atoms with van der Waals surface area (Å²) in [6, 6.07) is 12.4. The molecular weight excluding hydrogens is 392 g/mol. The van der Waals surface area contributed by atoms with E-state index in [1.165, 1.54) is 24.9 Å². The van der Waals surface area contributed by atoms with Crippen LogP contribution in [0.1, 0.15) is 5.56 Å². The second kappa shape index (κ2) is 7.11. The number of ether oxygens (including phenoxy) is 1. The van der Waals surface area contributed by atoms with Crippen molar-refractivity contribution in [1.82, 2.24) is 5.32 Å². The number of nitrogens with zero attached hydrogens (tertiary/aromatic N) is 1. The molecule has 122 valence electrons. The first kappa shape index (κ1) is 16.6. The van der Waals surface area contributed by atoms with Crippen LogP contribution in [0.4, 0.5) is 5.69 Å². The van der Waals surface area contributed by atoms with Gasteiger partial charge in [0, 0.05) is 4.47 Å². The van der Waals surface area contributed by atoms with Crippen molar-refractivity contribution in [2.75, 3.05) is 7.11 Å². The van der Waals surface area contributed by atoms with Crippen LogP contribution in [0.3, 0.4) is 0 Å². The van der Waals surface area contributed by atoms with Crippen LogP contribution < -0.4 is 10.1 Å². The minimum atomic E-state index is -0.210. The van der Waals surface area contributed by atoms with E-state index >= 15 is 0 Å². The van der Waals surface area contributed by atoms with E-state index in [4.69, 9.17) is 4.74 Å². The van der Waals surface area contributed by atoms with Crippen LogP contribution in [0.5, 0.6) is 11.5 Å². The third-order valence-corrected chi connectivity index (χ3v) is 4.81. The van der Waals surface area contributed by atoms with Crippen LogP contribution in [0.25, 0.3) is 6.08 Å². The number of hydrogen-bond acceptors (Lipinski definition) is 5. The number of aliphatic imine (C=N–C) groups is 1. The fraction of sp³-hybridized carbons (Fsp3) is 0.0588. The Morgan fingerprint density at radius 3 is 2.83 bits per heavy atom. The minimum absolute atomic E-state index is 0.0550. The molecule has 1 fully saturated rings. The molecule has 1 saturated heterocycles. The summed E-state index contributed by atoms with van der Waals surface area (Å²) in [6.45, 7) is 0. The number of carbonyl (C=O) groups is 1. The average Bonchev–Trinajstić information content (AvgIpc) is 2.91. The van der Waals surface area contributed by atoms with Crippen molar-refractivity contribution in [2.24, 2.45) is 4.99 Å². The van der Waals surface area contributed by atoms with Crippen molar-refractivity contribution < 1.29 is 14.6 Å². The predicted molar refractivity (Wildman–Crippen MR) is 99.6 cm³/mol. The topological polar surface area (TPSA) is 70.9 Å². The van der Waals surface area contributed by atoms with Crippen LogP contribution >= 0.6 is 27.7 Å². The Kier molecular flexibility index (Phi) is 4.92. The van der Waals surface area contributed by atoms with E-state index in [0.29, 0.717) is 15.8 Å². The largest absolute Gasteiger partial charge is 0.504 e. The summed E-state index contributed by atoms with van der Waals surface area (Å²) in [6.07, 6.45) is 1.73. The summed E-state index contributed by atoms with van der Waals surface area (Å²) in [5.41, 5.74) is 1.50. The molecule has 24 heavy (non-hydrogen) atoms. The zero-order valence-electron chi connectivity index (χ0n) is 12.6. The molecule has 1 aliphatic rings. The van der Waals surface area contributed by atoms with Gasteiger partial charge >= 0.3 is 0 Å². The van der Waals surface area contributed by atoms with E-state index in [1.807, 2.05) is 24.3 Å². The van der Waals surface area contributed by atoms with Crippen molar-refractivity contribution in [3.05, 3.63) is 57.4 Å². The fourth-order valence-electron chi connectivity index (χ4n) is 2.07. The SMILES string of the molecule is COc1cc(/C=C2/SC(=Nc3ccccc3Br)NC2=O)ccc1O. The molecule has 0 atom stereocenters. The summed E-state index contributed by atoms with van der Waals surface area (Å²) in [5.74, 6) is 0.201. The standard InChI is InChI=1S/C17H13BrN2O3S/c1-23-14-8-10(6-7-13(14)21)9-15-16(22)20-17(24-15)19-12-5-3-2-4-11(12)18/h2-9,21H,1H3,(H,19,20,22)/b15-9+. The lowest BCUT2D eigenvalue weighted by Gasteiger charge is -2.03. The van der Waals surface area contributed by atoms with Gasteiger partial charge in [-0.3, -0.25) is 4.79 Å². The molecule has 0 spiro atoms. The number of amidine groups is 1. The van der Waals surface area contributed by atoms with Crippen LogP contribution in [0.2, 0.25) is 0 Å². The quantitative estimate of drug-likeness (QED) is 0.756. The van der Waals surface area contributed by atoms with Crippen LogP contribution in [-0.2, 0) is 4.79 Å². The number of rotatable bonds is 3. The van der Waals surface area contributed by atoms with E-state index in [1.54, 1.807) is 18.2 Å². The fourth-order valence-corrected chi connectivity index (χ4v) is 3.28. The Bertz CT molecular complexity index is 865. The van der Waals surface area contributed by atoms with Gasteiger partial charge in [0.25, 0.3) is 5.91 Å². The van der Waals surface area contributed by atoms with E-state index < -0.39 is 0 Å². The average molecular weight is 405 g/mol. The summed E-state index contributed by atoms with van der Waals surface area (Å²) in [7, 11) is 1.48. The molecule has 0 radical (unpaired) electrons. The third-order valence-electron chi connectivity index (χ3n) is 3.23. The summed E-state index contributed by atoms with van der Waals surface area (Å²) in [4.78, 5) is 17.1.